The van der Waals surface area contributed by atoms with Crippen molar-refractivity contribution < 1.29 is 9.18 Å². The van der Waals surface area contributed by atoms with E-state index in [0.717, 1.165) is 4.47 Å². The first-order chi connectivity index (χ1) is 14.5. The van der Waals surface area contributed by atoms with Gasteiger partial charge in [-0.25, -0.2) is 19.3 Å². The minimum Gasteiger partial charge on any atom is -0.323 e. The highest BCUT2D eigenvalue weighted by Gasteiger charge is 2.09. The number of nitrogens with one attached hydrogen (secondary N) is 1. The number of anilines is 1. The highest BCUT2D eigenvalue weighted by atomic mass is 79.9. The van der Waals surface area contributed by atoms with Gasteiger partial charge in [-0.2, -0.15) is 0 Å². The van der Waals surface area contributed by atoms with E-state index in [4.69, 9.17) is 0 Å². The number of carbonyl (C=O) groups excluding carboxylic acids is 1. The molecule has 0 aliphatic rings. The number of hydrogen-bond acceptors (Lipinski definition) is 5. The van der Waals surface area contributed by atoms with Gasteiger partial charge in [-0.3, -0.25) is 14.2 Å². The Labute approximate surface area is 178 Å². The molecule has 0 unspecified atom stereocenters. The Morgan fingerprint density at radius 2 is 1.90 bits per heavy atom. The number of aryl methyl sites for hydroxylation is 1. The van der Waals surface area contributed by atoms with Gasteiger partial charge in [-0.15, -0.1) is 0 Å². The van der Waals surface area contributed by atoms with Crippen LogP contribution in [-0.4, -0.2) is 25.4 Å². The van der Waals surface area contributed by atoms with E-state index in [0.29, 0.717) is 28.0 Å². The summed E-state index contributed by atoms with van der Waals surface area (Å²) < 4.78 is 15.5. The number of halogens is 2. The third-order valence-electron chi connectivity index (χ3n) is 4.38. The predicted molar refractivity (Wildman–Crippen MR) is 114 cm³/mol. The second-order valence-electron chi connectivity index (χ2n) is 6.51. The van der Waals surface area contributed by atoms with Crippen LogP contribution in [0.25, 0.3) is 22.3 Å². The molecule has 2 heterocycles. The van der Waals surface area contributed by atoms with Gasteiger partial charge in [0, 0.05) is 23.0 Å². The Balaban J connectivity index is 1.41. The van der Waals surface area contributed by atoms with Crippen LogP contribution in [0.1, 0.15) is 6.42 Å². The first-order valence-corrected chi connectivity index (χ1v) is 9.81. The van der Waals surface area contributed by atoms with Crippen molar-refractivity contribution in [1.82, 2.24) is 19.5 Å². The summed E-state index contributed by atoms with van der Waals surface area (Å²) in [5.74, 6) is -0.315. The van der Waals surface area contributed by atoms with E-state index in [1.54, 1.807) is 24.3 Å². The Morgan fingerprint density at radius 1 is 1.10 bits per heavy atom. The van der Waals surface area contributed by atoms with Gasteiger partial charge in [-0.05, 0) is 30.3 Å². The molecule has 150 valence electrons. The van der Waals surface area contributed by atoms with E-state index in [-0.39, 0.29) is 30.2 Å². The molecule has 1 amide bonds. The van der Waals surface area contributed by atoms with Crippen molar-refractivity contribution in [3.05, 3.63) is 81.8 Å². The number of fused-ring (bicyclic) bond motifs is 1. The van der Waals surface area contributed by atoms with Gasteiger partial charge in [-0.1, -0.05) is 28.1 Å². The van der Waals surface area contributed by atoms with Crippen molar-refractivity contribution in [3.8, 4) is 11.4 Å². The molecule has 0 spiro atoms. The van der Waals surface area contributed by atoms with E-state index < -0.39 is 0 Å². The molecule has 30 heavy (non-hydrogen) atoms. The predicted octanol–water partition coefficient (Wildman–Crippen LogP) is 3.78. The fraction of sp³-hybridized carbons (Fsp3) is 0.0952. The van der Waals surface area contributed by atoms with Gasteiger partial charge in [0.2, 0.25) is 5.91 Å². The van der Waals surface area contributed by atoms with Crippen molar-refractivity contribution in [1.29, 1.82) is 0 Å². The first-order valence-electron chi connectivity index (χ1n) is 9.02. The summed E-state index contributed by atoms with van der Waals surface area (Å²) in [5, 5.41) is 3.17. The summed E-state index contributed by atoms with van der Waals surface area (Å²) in [6.45, 7) is 0.183. The fourth-order valence-electron chi connectivity index (χ4n) is 2.91. The summed E-state index contributed by atoms with van der Waals surface area (Å²) in [7, 11) is 0. The quantitative estimate of drug-likeness (QED) is 0.482. The summed E-state index contributed by atoms with van der Waals surface area (Å²) in [4.78, 5) is 37.4. The molecule has 0 bridgehead atoms. The summed E-state index contributed by atoms with van der Waals surface area (Å²) in [6, 6.07) is 11.2. The normalized spacial score (nSPS) is 10.9. The van der Waals surface area contributed by atoms with Crippen LogP contribution in [0, 0.1) is 5.82 Å². The lowest BCUT2D eigenvalue weighted by atomic mass is 10.2. The fourth-order valence-corrected chi connectivity index (χ4v) is 3.27. The molecule has 0 fully saturated rings. The first kappa shape index (κ1) is 19.8. The summed E-state index contributed by atoms with van der Waals surface area (Å²) in [5.41, 5.74) is 1.34. The van der Waals surface area contributed by atoms with Crippen LogP contribution in [0.5, 0.6) is 0 Å². The lowest BCUT2D eigenvalue weighted by molar-refractivity contribution is -0.116. The van der Waals surface area contributed by atoms with Crippen molar-refractivity contribution in [3.63, 3.8) is 0 Å². The Kier molecular flexibility index (Phi) is 5.62. The minimum atomic E-state index is -0.376. The summed E-state index contributed by atoms with van der Waals surface area (Å²) >= 11 is 3.34. The van der Waals surface area contributed by atoms with Gasteiger partial charge in [0.05, 0.1) is 35.3 Å². The van der Waals surface area contributed by atoms with E-state index in [1.807, 2.05) is 6.07 Å². The van der Waals surface area contributed by atoms with Gasteiger partial charge >= 0.3 is 0 Å². The van der Waals surface area contributed by atoms with Crippen LogP contribution in [0.2, 0.25) is 0 Å². The van der Waals surface area contributed by atoms with Gasteiger partial charge < -0.3 is 5.32 Å². The molecule has 2 aromatic heterocycles. The molecule has 0 saturated carbocycles. The van der Waals surface area contributed by atoms with Crippen LogP contribution in [0.15, 0.2) is 70.5 Å². The van der Waals surface area contributed by atoms with Crippen LogP contribution in [-0.2, 0) is 11.3 Å². The molecule has 9 heteroatoms. The number of rotatable bonds is 5. The Morgan fingerprint density at radius 3 is 2.67 bits per heavy atom. The average molecular weight is 468 g/mol. The van der Waals surface area contributed by atoms with E-state index >= 15 is 0 Å². The maximum Gasteiger partial charge on any atom is 0.261 e. The van der Waals surface area contributed by atoms with Crippen molar-refractivity contribution in [2.24, 2.45) is 0 Å². The molecule has 0 atom stereocenters. The number of benzene rings is 2. The topological polar surface area (TPSA) is 89.8 Å². The van der Waals surface area contributed by atoms with Crippen molar-refractivity contribution >= 4 is 38.4 Å². The van der Waals surface area contributed by atoms with Crippen molar-refractivity contribution in [2.45, 2.75) is 13.0 Å². The number of hydrogen-bond donors (Lipinski definition) is 1. The van der Waals surface area contributed by atoms with E-state index in [9.17, 15) is 14.0 Å². The molecule has 0 saturated heterocycles. The van der Waals surface area contributed by atoms with Crippen LogP contribution >= 0.6 is 15.9 Å². The molecule has 0 aliphatic carbocycles. The molecule has 4 aromatic rings. The highest BCUT2D eigenvalue weighted by Crippen LogP contribution is 2.17. The molecule has 1 N–H and O–H groups in total. The molecule has 0 radical (unpaired) electrons. The molecule has 4 rings (SSSR count). The lowest BCUT2D eigenvalue weighted by Crippen LogP contribution is -2.23. The zero-order valence-electron chi connectivity index (χ0n) is 15.5. The molecular weight excluding hydrogens is 453 g/mol. The van der Waals surface area contributed by atoms with Crippen LogP contribution in [0.3, 0.4) is 0 Å². The number of nitrogens with zero attached hydrogens (tertiary/aromatic N) is 4. The zero-order chi connectivity index (χ0) is 21.1. The molecular formula is C21H15BrFN5O2. The molecule has 7 nitrogen and oxygen atoms in total. The zero-order valence-corrected chi connectivity index (χ0v) is 17.1. The third kappa shape index (κ3) is 4.41. The second kappa shape index (κ2) is 8.50. The van der Waals surface area contributed by atoms with E-state index in [1.165, 1.54) is 35.4 Å². The maximum absolute atomic E-state index is 13.3. The Bertz CT molecular complexity index is 1290. The third-order valence-corrected chi connectivity index (χ3v) is 4.88. The van der Waals surface area contributed by atoms with Crippen LogP contribution < -0.4 is 10.9 Å². The van der Waals surface area contributed by atoms with Gasteiger partial charge in [0.15, 0.2) is 5.82 Å². The number of amides is 1. The van der Waals surface area contributed by atoms with Crippen LogP contribution in [0.4, 0.5) is 10.1 Å². The Hall–Kier alpha value is -3.46. The largest absolute Gasteiger partial charge is 0.323 e. The minimum absolute atomic E-state index is 0.0761. The smallest absolute Gasteiger partial charge is 0.261 e. The monoisotopic (exact) mass is 467 g/mol. The molecule has 0 aliphatic heterocycles. The van der Waals surface area contributed by atoms with Gasteiger partial charge in [0.25, 0.3) is 5.56 Å². The SMILES string of the molecule is O=C(CCn1cnc2ccc(Br)cc2c1=O)Nc1cnc(-c2cccc(F)c2)nc1. The summed E-state index contributed by atoms with van der Waals surface area (Å²) in [6.07, 6.45) is 4.41. The number of aromatic nitrogens is 4. The maximum atomic E-state index is 13.3. The number of carbonyl (C=O) groups is 1. The standard InChI is InChI=1S/C21H15BrFN5O2/c22-14-4-5-18-17(9-14)21(30)28(12-26-18)7-6-19(29)27-16-10-24-20(25-11-16)13-2-1-3-15(23)8-13/h1-5,8-12H,6-7H2,(H,27,29). The second-order valence-corrected chi connectivity index (χ2v) is 7.42. The van der Waals surface area contributed by atoms with Crippen molar-refractivity contribution in [2.75, 3.05) is 5.32 Å². The van der Waals surface area contributed by atoms with E-state index in [2.05, 4.69) is 36.2 Å². The average Bonchev–Trinajstić information content (AvgIpc) is 2.74. The lowest BCUT2D eigenvalue weighted by Gasteiger charge is -2.08. The van der Waals surface area contributed by atoms with Gasteiger partial charge in [0.1, 0.15) is 5.82 Å². The molecule has 2 aromatic carbocycles. The highest BCUT2D eigenvalue weighted by molar-refractivity contribution is 9.10.